The van der Waals surface area contributed by atoms with Gasteiger partial charge >= 0.3 is 0 Å². The molecule has 3 nitrogen and oxygen atoms in total. The van der Waals surface area contributed by atoms with E-state index in [4.69, 9.17) is 23.2 Å². The smallest absolute Gasteiger partial charge is 0.135 e. The molecule has 1 heterocycles. The second-order valence-electron chi connectivity index (χ2n) is 2.98. The monoisotopic (exact) mass is 257 g/mol. The van der Waals surface area contributed by atoms with Crippen LogP contribution in [-0.4, -0.2) is 9.97 Å². The molecule has 6 heteroatoms. The van der Waals surface area contributed by atoms with E-state index >= 15 is 0 Å². The quantitative estimate of drug-likeness (QED) is 0.835. The second-order valence-corrected chi connectivity index (χ2v) is 3.77. The van der Waals surface area contributed by atoms with E-state index in [1.165, 1.54) is 24.5 Å². The van der Waals surface area contributed by atoms with E-state index in [-0.39, 0.29) is 5.02 Å². The molecule has 0 amide bonds. The van der Waals surface area contributed by atoms with Crippen LogP contribution in [0, 0.1) is 5.82 Å². The Morgan fingerprint density at radius 3 is 2.62 bits per heavy atom. The molecule has 0 aliphatic rings. The minimum absolute atomic E-state index is 0.273. The SMILES string of the molecule is Fc1ccc(Nc2cc(Cl)ncn2)c(Cl)c1. The fraction of sp³-hybridized carbons (Fsp3) is 0. The lowest BCUT2D eigenvalue weighted by atomic mass is 10.3. The highest BCUT2D eigenvalue weighted by Gasteiger charge is 2.03. The van der Waals surface area contributed by atoms with E-state index in [9.17, 15) is 4.39 Å². The molecule has 82 valence electrons. The summed E-state index contributed by atoms with van der Waals surface area (Å²) in [7, 11) is 0. The highest BCUT2D eigenvalue weighted by molar-refractivity contribution is 6.33. The summed E-state index contributed by atoms with van der Waals surface area (Å²) in [6, 6.07) is 5.58. The molecule has 0 spiro atoms. The van der Waals surface area contributed by atoms with Gasteiger partial charge in [0.05, 0.1) is 10.7 Å². The Kier molecular flexibility index (Phi) is 3.22. The Bertz CT molecular complexity index is 519. The molecule has 1 aromatic heterocycles. The first-order valence-electron chi connectivity index (χ1n) is 4.35. The van der Waals surface area contributed by atoms with Crippen molar-refractivity contribution in [1.29, 1.82) is 0 Å². The standard InChI is InChI=1S/C10H6Cl2FN3/c11-7-3-6(13)1-2-8(7)16-10-4-9(12)14-5-15-10/h1-5H,(H,14,15,16). The second kappa shape index (κ2) is 4.63. The van der Waals surface area contributed by atoms with Gasteiger partial charge in [0.1, 0.15) is 23.1 Å². The van der Waals surface area contributed by atoms with Crippen molar-refractivity contribution in [1.82, 2.24) is 9.97 Å². The molecule has 0 aliphatic carbocycles. The Hall–Kier alpha value is -1.39. The molecule has 1 aromatic carbocycles. The lowest BCUT2D eigenvalue weighted by Crippen LogP contribution is -1.95. The number of nitrogens with zero attached hydrogens (tertiary/aromatic N) is 2. The van der Waals surface area contributed by atoms with Crippen molar-refractivity contribution in [2.24, 2.45) is 0 Å². The van der Waals surface area contributed by atoms with Crippen LogP contribution in [0.25, 0.3) is 0 Å². The highest BCUT2D eigenvalue weighted by Crippen LogP contribution is 2.25. The molecular formula is C10H6Cl2FN3. The summed E-state index contributed by atoms with van der Waals surface area (Å²) in [5, 5.41) is 3.49. The molecule has 2 aromatic rings. The van der Waals surface area contributed by atoms with Crippen LogP contribution in [0.15, 0.2) is 30.6 Å². The normalized spacial score (nSPS) is 10.2. The molecule has 0 atom stereocenters. The first-order valence-corrected chi connectivity index (χ1v) is 5.10. The average Bonchev–Trinajstić information content (AvgIpc) is 2.22. The molecular weight excluding hydrogens is 252 g/mol. The maximum Gasteiger partial charge on any atom is 0.135 e. The third-order valence-electron chi connectivity index (χ3n) is 1.83. The van der Waals surface area contributed by atoms with Crippen molar-refractivity contribution in [3.63, 3.8) is 0 Å². The summed E-state index contributed by atoms with van der Waals surface area (Å²) in [4.78, 5) is 7.68. The molecule has 0 bridgehead atoms. The van der Waals surface area contributed by atoms with Crippen LogP contribution in [0.3, 0.4) is 0 Å². The summed E-state index contributed by atoms with van der Waals surface area (Å²) in [6.07, 6.45) is 1.32. The van der Waals surface area contributed by atoms with Crippen molar-refractivity contribution in [2.45, 2.75) is 0 Å². The molecule has 2 rings (SSSR count). The lowest BCUT2D eigenvalue weighted by Gasteiger charge is -2.07. The first kappa shape index (κ1) is 11.1. The van der Waals surface area contributed by atoms with Crippen LogP contribution in [0.4, 0.5) is 15.9 Å². The van der Waals surface area contributed by atoms with Gasteiger partial charge < -0.3 is 5.32 Å². The van der Waals surface area contributed by atoms with Gasteiger partial charge in [0.25, 0.3) is 0 Å². The third kappa shape index (κ3) is 2.59. The predicted octanol–water partition coefficient (Wildman–Crippen LogP) is 3.67. The zero-order valence-corrected chi connectivity index (χ0v) is 9.43. The fourth-order valence-corrected chi connectivity index (χ4v) is 1.49. The molecule has 0 unspecified atom stereocenters. The minimum atomic E-state index is -0.392. The molecule has 0 saturated heterocycles. The highest BCUT2D eigenvalue weighted by atomic mass is 35.5. The largest absolute Gasteiger partial charge is 0.339 e. The Morgan fingerprint density at radius 1 is 1.12 bits per heavy atom. The van der Waals surface area contributed by atoms with E-state index < -0.39 is 5.82 Å². The van der Waals surface area contributed by atoms with Crippen molar-refractivity contribution in [3.8, 4) is 0 Å². The Labute approximate surface area is 101 Å². The molecule has 0 saturated carbocycles. The maximum atomic E-state index is 12.8. The van der Waals surface area contributed by atoms with Crippen LogP contribution >= 0.6 is 23.2 Å². The third-order valence-corrected chi connectivity index (χ3v) is 2.35. The minimum Gasteiger partial charge on any atom is -0.339 e. The number of nitrogens with one attached hydrogen (secondary N) is 1. The van der Waals surface area contributed by atoms with Gasteiger partial charge in [0.15, 0.2) is 0 Å². The molecule has 1 N–H and O–H groups in total. The van der Waals surface area contributed by atoms with Crippen LogP contribution < -0.4 is 5.32 Å². The van der Waals surface area contributed by atoms with E-state index in [1.54, 1.807) is 6.07 Å². The first-order chi connectivity index (χ1) is 7.65. The predicted molar refractivity (Wildman–Crippen MR) is 61.7 cm³/mol. The zero-order valence-electron chi connectivity index (χ0n) is 7.92. The Balaban J connectivity index is 2.27. The van der Waals surface area contributed by atoms with Gasteiger partial charge in [-0.15, -0.1) is 0 Å². The topological polar surface area (TPSA) is 37.8 Å². The van der Waals surface area contributed by atoms with Crippen LogP contribution in [0.5, 0.6) is 0 Å². The molecule has 0 aliphatic heterocycles. The van der Waals surface area contributed by atoms with Crippen molar-refractivity contribution < 1.29 is 4.39 Å². The average molecular weight is 258 g/mol. The van der Waals surface area contributed by atoms with Gasteiger partial charge in [0.2, 0.25) is 0 Å². The summed E-state index contributed by atoms with van der Waals surface area (Å²) in [6.45, 7) is 0. The van der Waals surface area contributed by atoms with Gasteiger partial charge in [-0.2, -0.15) is 0 Å². The zero-order chi connectivity index (χ0) is 11.5. The molecule has 0 fully saturated rings. The number of anilines is 2. The fourth-order valence-electron chi connectivity index (χ4n) is 1.13. The number of halogens is 3. The number of hydrogen-bond donors (Lipinski definition) is 1. The van der Waals surface area contributed by atoms with Crippen LogP contribution in [0.1, 0.15) is 0 Å². The number of rotatable bonds is 2. The maximum absolute atomic E-state index is 12.8. The van der Waals surface area contributed by atoms with Crippen molar-refractivity contribution in [3.05, 3.63) is 46.6 Å². The summed E-state index contributed by atoms with van der Waals surface area (Å²) < 4.78 is 12.8. The molecule has 16 heavy (non-hydrogen) atoms. The molecule has 0 radical (unpaired) electrons. The van der Waals surface area contributed by atoms with E-state index in [1.807, 2.05) is 0 Å². The van der Waals surface area contributed by atoms with E-state index in [0.29, 0.717) is 16.7 Å². The van der Waals surface area contributed by atoms with Gasteiger partial charge in [0, 0.05) is 6.07 Å². The van der Waals surface area contributed by atoms with Gasteiger partial charge in [-0.05, 0) is 18.2 Å². The van der Waals surface area contributed by atoms with Crippen molar-refractivity contribution >= 4 is 34.7 Å². The van der Waals surface area contributed by atoms with Gasteiger partial charge in [-0.3, -0.25) is 0 Å². The summed E-state index contributed by atoms with van der Waals surface area (Å²) in [5.74, 6) is 0.102. The van der Waals surface area contributed by atoms with Crippen LogP contribution in [0.2, 0.25) is 10.2 Å². The summed E-state index contributed by atoms with van der Waals surface area (Å²) >= 11 is 11.5. The van der Waals surface area contributed by atoms with Gasteiger partial charge in [-0.1, -0.05) is 23.2 Å². The lowest BCUT2D eigenvalue weighted by molar-refractivity contribution is 0.628. The van der Waals surface area contributed by atoms with E-state index in [0.717, 1.165) is 0 Å². The van der Waals surface area contributed by atoms with Crippen molar-refractivity contribution in [2.75, 3.05) is 5.32 Å². The Morgan fingerprint density at radius 2 is 1.94 bits per heavy atom. The van der Waals surface area contributed by atoms with Gasteiger partial charge in [-0.25, -0.2) is 14.4 Å². The van der Waals surface area contributed by atoms with Crippen LogP contribution in [-0.2, 0) is 0 Å². The van der Waals surface area contributed by atoms with E-state index in [2.05, 4.69) is 15.3 Å². The summed E-state index contributed by atoms with van der Waals surface area (Å²) in [5.41, 5.74) is 0.554. The number of hydrogen-bond acceptors (Lipinski definition) is 3. The number of aromatic nitrogens is 2. The number of benzene rings is 1.